The topological polar surface area (TPSA) is 54.8 Å². The predicted molar refractivity (Wildman–Crippen MR) is 119 cm³/mol. The number of pyridine rings is 1. The number of aliphatic hydroxyl groups is 1. The summed E-state index contributed by atoms with van der Waals surface area (Å²) in [6, 6.07) is 16.0. The highest BCUT2D eigenvalue weighted by atomic mass is 35.5. The summed E-state index contributed by atoms with van der Waals surface area (Å²) in [5, 5.41) is 12.4. The van der Waals surface area contributed by atoms with Gasteiger partial charge in [-0.2, -0.15) is 0 Å². The summed E-state index contributed by atoms with van der Waals surface area (Å²) in [4.78, 5) is 7.00. The van der Waals surface area contributed by atoms with Gasteiger partial charge in [0, 0.05) is 47.7 Å². The van der Waals surface area contributed by atoms with E-state index in [1.807, 2.05) is 31.2 Å². The Hall–Kier alpha value is -2.34. The number of likely N-dealkylation sites (tertiary alicyclic amines) is 1. The van der Waals surface area contributed by atoms with Crippen molar-refractivity contribution in [3.8, 4) is 11.5 Å². The Kier molecular flexibility index (Phi) is 6.42. The number of methoxy groups -OCH3 is 1. The van der Waals surface area contributed by atoms with Gasteiger partial charge in [-0.15, -0.1) is 0 Å². The summed E-state index contributed by atoms with van der Waals surface area (Å²) < 4.78 is 11.0. The highest BCUT2D eigenvalue weighted by molar-refractivity contribution is 6.31. The van der Waals surface area contributed by atoms with Gasteiger partial charge < -0.3 is 14.6 Å². The molecule has 4 rings (SSSR count). The lowest BCUT2D eigenvalue weighted by Crippen LogP contribution is -2.21. The maximum atomic E-state index is 10.7. The summed E-state index contributed by atoms with van der Waals surface area (Å²) in [6.45, 7) is 4.56. The number of aromatic nitrogens is 1. The number of rotatable bonds is 7. The van der Waals surface area contributed by atoms with E-state index in [0.29, 0.717) is 36.2 Å². The van der Waals surface area contributed by atoms with Crippen molar-refractivity contribution >= 4 is 22.5 Å². The predicted octanol–water partition coefficient (Wildman–Crippen LogP) is 4.33. The maximum Gasteiger partial charge on any atom is 0.162 e. The van der Waals surface area contributed by atoms with Gasteiger partial charge in [-0.1, -0.05) is 35.9 Å². The van der Waals surface area contributed by atoms with Gasteiger partial charge in [0.25, 0.3) is 0 Å². The number of nitrogens with zero attached hydrogens (tertiary/aromatic N) is 2. The number of hydrogen-bond acceptors (Lipinski definition) is 5. The molecule has 1 aliphatic heterocycles. The highest BCUT2D eigenvalue weighted by Crippen LogP contribution is 2.35. The van der Waals surface area contributed by atoms with Gasteiger partial charge >= 0.3 is 0 Å². The minimum Gasteiger partial charge on any atom is -0.493 e. The summed E-state index contributed by atoms with van der Waals surface area (Å²) >= 11 is 6.48. The van der Waals surface area contributed by atoms with Crippen LogP contribution in [0.5, 0.6) is 11.5 Å². The fourth-order valence-corrected chi connectivity index (χ4v) is 4.34. The average molecular weight is 427 g/mol. The van der Waals surface area contributed by atoms with Crippen molar-refractivity contribution in [2.24, 2.45) is 5.92 Å². The minimum absolute atomic E-state index is 0.141. The van der Waals surface area contributed by atoms with Crippen molar-refractivity contribution in [2.75, 3.05) is 26.8 Å². The molecule has 3 aromatic rings. The molecule has 5 nitrogen and oxygen atoms in total. The first-order chi connectivity index (χ1) is 14.6. The molecule has 1 saturated heterocycles. The summed E-state index contributed by atoms with van der Waals surface area (Å²) in [5.41, 5.74) is 2.98. The number of β-amino-alcohol motifs (C(OH)–C–C–N with tert-alkyl or cyclic N) is 1. The van der Waals surface area contributed by atoms with Gasteiger partial charge in [0.2, 0.25) is 0 Å². The largest absolute Gasteiger partial charge is 0.493 e. The van der Waals surface area contributed by atoms with E-state index in [9.17, 15) is 5.11 Å². The molecule has 30 heavy (non-hydrogen) atoms. The van der Waals surface area contributed by atoms with Crippen LogP contribution in [0.2, 0.25) is 5.02 Å². The zero-order chi connectivity index (χ0) is 21.1. The number of fused-ring (bicyclic) bond motifs is 1. The molecule has 0 spiro atoms. The van der Waals surface area contributed by atoms with E-state index in [4.69, 9.17) is 26.1 Å². The number of para-hydroxylation sites is 1. The van der Waals surface area contributed by atoms with E-state index >= 15 is 0 Å². The van der Waals surface area contributed by atoms with Gasteiger partial charge in [-0.25, -0.2) is 0 Å². The van der Waals surface area contributed by atoms with Crippen molar-refractivity contribution in [1.82, 2.24) is 9.88 Å². The molecule has 0 radical (unpaired) electrons. The van der Waals surface area contributed by atoms with Gasteiger partial charge in [0.15, 0.2) is 11.5 Å². The quantitative estimate of drug-likeness (QED) is 0.609. The lowest BCUT2D eigenvalue weighted by molar-refractivity contribution is 0.140. The standard InChI is InChI=1S/C24H27ClN2O3/c1-3-30-24-11-17(20(25)12-23(24)29-2)13-27-14-18(22(28)15-27)10-19-9-8-16-6-4-5-7-21(16)26-19/h4-9,11-12,18,22,28H,3,10,13-15H2,1-2H3/t18-,22-/m1/s1. The smallest absolute Gasteiger partial charge is 0.162 e. The van der Waals surface area contributed by atoms with Crippen molar-refractivity contribution in [3.63, 3.8) is 0 Å². The van der Waals surface area contributed by atoms with Crippen LogP contribution < -0.4 is 9.47 Å². The molecular formula is C24H27ClN2O3. The first-order valence-electron chi connectivity index (χ1n) is 10.3. The Labute approximate surface area is 182 Å². The summed E-state index contributed by atoms with van der Waals surface area (Å²) in [5.74, 6) is 1.46. The van der Waals surface area contributed by atoms with Crippen molar-refractivity contribution in [2.45, 2.75) is 26.0 Å². The number of hydrogen-bond donors (Lipinski definition) is 1. The third-order valence-electron chi connectivity index (χ3n) is 5.64. The first kappa shape index (κ1) is 20.9. The average Bonchev–Trinajstić information content (AvgIpc) is 3.09. The Morgan fingerprint density at radius 2 is 1.97 bits per heavy atom. The molecule has 0 amide bonds. The van der Waals surface area contributed by atoms with Crippen molar-refractivity contribution in [3.05, 3.63) is 64.8 Å². The molecule has 2 aromatic carbocycles. The molecule has 1 N–H and O–H groups in total. The van der Waals surface area contributed by atoms with Gasteiger partial charge in [-0.3, -0.25) is 9.88 Å². The van der Waals surface area contributed by atoms with E-state index in [0.717, 1.165) is 35.1 Å². The van der Waals surface area contributed by atoms with Crippen molar-refractivity contribution < 1.29 is 14.6 Å². The van der Waals surface area contributed by atoms with Gasteiger partial charge in [0.1, 0.15) is 0 Å². The van der Waals surface area contributed by atoms with Crippen molar-refractivity contribution in [1.29, 1.82) is 0 Å². The number of ether oxygens (including phenoxy) is 2. The molecule has 2 heterocycles. The maximum absolute atomic E-state index is 10.7. The van der Waals surface area contributed by atoms with E-state index in [1.54, 1.807) is 13.2 Å². The molecule has 0 aliphatic carbocycles. The van der Waals surface area contributed by atoms with Gasteiger partial charge in [-0.05, 0) is 37.1 Å². The first-order valence-corrected chi connectivity index (χ1v) is 10.7. The van der Waals surface area contributed by atoms with E-state index < -0.39 is 0 Å². The zero-order valence-corrected chi connectivity index (χ0v) is 18.1. The summed E-state index contributed by atoms with van der Waals surface area (Å²) in [7, 11) is 1.61. The van der Waals surface area contributed by atoms with Gasteiger partial charge in [0.05, 0.1) is 25.3 Å². The van der Waals surface area contributed by atoms with E-state index in [-0.39, 0.29) is 12.0 Å². The fourth-order valence-electron chi connectivity index (χ4n) is 4.13. The van der Waals surface area contributed by atoms with Crippen LogP contribution in [0.1, 0.15) is 18.2 Å². The molecule has 0 saturated carbocycles. The van der Waals surface area contributed by atoms with Crippen LogP contribution in [0.15, 0.2) is 48.5 Å². The molecule has 6 heteroatoms. The molecule has 0 unspecified atom stereocenters. The van der Waals surface area contributed by atoms with Crippen LogP contribution in [0.3, 0.4) is 0 Å². The van der Waals surface area contributed by atoms with Crippen LogP contribution in [0.4, 0.5) is 0 Å². The molecule has 1 aliphatic rings. The lowest BCUT2D eigenvalue weighted by atomic mass is 9.99. The zero-order valence-electron chi connectivity index (χ0n) is 17.3. The van der Waals surface area contributed by atoms with Crippen LogP contribution in [-0.4, -0.2) is 47.9 Å². The third-order valence-corrected chi connectivity index (χ3v) is 5.99. The number of aliphatic hydroxyl groups excluding tert-OH is 1. The lowest BCUT2D eigenvalue weighted by Gasteiger charge is -2.18. The molecular weight excluding hydrogens is 400 g/mol. The van der Waals surface area contributed by atoms with Crippen LogP contribution in [0.25, 0.3) is 10.9 Å². The second-order valence-corrected chi connectivity index (χ2v) is 8.16. The monoisotopic (exact) mass is 426 g/mol. The number of halogens is 1. The minimum atomic E-state index is -0.387. The second-order valence-electron chi connectivity index (χ2n) is 7.75. The van der Waals surface area contributed by atoms with Crippen LogP contribution in [-0.2, 0) is 13.0 Å². The summed E-state index contributed by atoms with van der Waals surface area (Å²) in [6.07, 6.45) is 0.366. The Morgan fingerprint density at radius 3 is 2.77 bits per heavy atom. The van der Waals surface area contributed by atoms with Crippen LogP contribution >= 0.6 is 11.6 Å². The van der Waals surface area contributed by atoms with E-state index in [1.165, 1.54) is 0 Å². The van der Waals surface area contributed by atoms with E-state index in [2.05, 4.69) is 23.1 Å². The number of benzene rings is 2. The SMILES string of the molecule is CCOc1cc(CN2C[C@@H](Cc3ccc4ccccc4n3)[C@H](O)C2)c(Cl)cc1OC. The third kappa shape index (κ3) is 4.53. The molecule has 1 aromatic heterocycles. The molecule has 0 bridgehead atoms. The Morgan fingerprint density at radius 1 is 1.13 bits per heavy atom. The molecule has 1 fully saturated rings. The second kappa shape index (κ2) is 9.21. The molecule has 158 valence electrons. The van der Waals surface area contributed by atoms with Crippen LogP contribution in [0, 0.1) is 5.92 Å². The Balaban J connectivity index is 1.45. The fraction of sp³-hybridized carbons (Fsp3) is 0.375. The Bertz CT molecular complexity index is 1030. The highest BCUT2D eigenvalue weighted by Gasteiger charge is 2.32. The molecule has 2 atom stereocenters. The normalized spacial score (nSPS) is 19.3.